The molecule has 2 aliphatic carbocycles. The molecule has 2 heterocycles. The molecule has 4 aliphatic rings. The van der Waals surface area contributed by atoms with E-state index in [1.807, 2.05) is 0 Å². The molecular weight excluding hydrogens is 520 g/mol. The Bertz CT molecular complexity index is 720. The summed E-state index contributed by atoms with van der Waals surface area (Å²) < 4.78 is 30.2. The highest BCUT2D eigenvalue weighted by Crippen LogP contribution is 2.44. The van der Waals surface area contributed by atoms with Gasteiger partial charge in [-0.3, -0.25) is 4.79 Å². The summed E-state index contributed by atoms with van der Waals surface area (Å²) in [7, 11) is 1.45. The van der Waals surface area contributed by atoms with Crippen molar-refractivity contribution in [1.29, 1.82) is 0 Å². The average Bonchev–Trinajstić information content (AvgIpc) is 3.57. The number of carbonyl (C=O) groups is 1. The van der Waals surface area contributed by atoms with Gasteiger partial charge in [-0.1, -0.05) is 45.4 Å². The second kappa shape index (κ2) is 18.2. The van der Waals surface area contributed by atoms with Crippen molar-refractivity contribution in [2.75, 3.05) is 20.3 Å². The highest BCUT2D eigenvalue weighted by Gasteiger charge is 2.44. The summed E-state index contributed by atoms with van der Waals surface area (Å²) in [6.07, 6.45) is 21.1. The van der Waals surface area contributed by atoms with Crippen LogP contribution >= 0.6 is 0 Å². The van der Waals surface area contributed by atoms with Gasteiger partial charge in [0.2, 0.25) is 0 Å². The third kappa shape index (κ3) is 10.7. The van der Waals surface area contributed by atoms with Crippen LogP contribution in [-0.4, -0.2) is 62.3 Å². The summed E-state index contributed by atoms with van der Waals surface area (Å²) in [4.78, 5) is 11.4. The van der Waals surface area contributed by atoms with Crippen LogP contribution in [0, 0.1) is 23.7 Å². The van der Waals surface area contributed by atoms with Gasteiger partial charge in [-0.2, -0.15) is 0 Å². The first-order valence-electron chi connectivity index (χ1n) is 17.4. The van der Waals surface area contributed by atoms with Crippen molar-refractivity contribution in [2.45, 2.75) is 166 Å². The van der Waals surface area contributed by atoms with Crippen molar-refractivity contribution in [1.82, 2.24) is 0 Å². The molecule has 2 saturated heterocycles. The van der Waals surface area contributed by atoms with E-state index in [1.165, 1.54) is 45.6 Å². The van der Waals surface area contributed by atoms with Crippen molar-refractivity contribution in [3.05, 3.63) is 0 Å². The largest absolute Gasteiger partial charge is 0.469 e. The molecule has 7 heteroatoms. The second-order valence-electron chi connectivity index (χ2n) is 13.4. The number of methoxy groups -OCH3 is 1. The highest BCUT2D eigenvalue weighted by molar-refractivity contribution is 5.68. The van der Waals surface area contributed by atoms with Gasteiger partial charge in [-0.25, -0.2) is 0 Å². The first-order chi connectivity index (χ1) is 20.1. The molecule has 0 aromatic heterocycles. The van der Waals surface area contributed by atoms with Gasteiger partial charge in [0.25, 0.3) is 0 Å². The first-order valence-corrected chi connectivity index (χ1v) is 17.4. The molecule has 0 aromatic carbocycles. The van der Waals surface area contributed by atoms with Crippen LogP contribution in [0.1, 0.15) is 135 Å². The van der Waals surface area contributed by atoms with E-state index in [2.05, 4.69) is 6.92 Å². The summed E-state index contributed by atoms with van der Waals surface area (Å²) >= 11 is 0. The molecule has 0 aromatic rings. The van der Waals surface area contributed by atoms with Crippen LogP contribution in [0.4, 0.5) is 0 Å². The number of aliphatic hydroxyl groups excluding tert-OH is 1. The van der Waals surface area contributed by atoms with Crippen LogP contribution in [-0.2, 0) is 28.5 Å². The summed E-state index contributed by atoms with van der Waals surface area (Å²) in [5.41, 5.74) is 0. The Kier molecular flexibility index (Phi) is 14.7. The number of rotatable bonds is 17. The number of hydrogen-bond donors (Lipinski definition) is 1. The molecule has 0 radical (unpaired) electrons. The Morgan fingerprint density at radius 2 is 1.61 bits per heavy atom. The summed E-state index contributed by atoms with van der Waals surface area (Å²) in [5, 5.41) is 11.3. The minimum atomic E-state index is -0.329. The van der Waals surface area contributed by atoms with Crippen LogP contribution in [0.15, 0.2) is 0 Å². The number of unbranched alkanes of at least 4 members (excludes halogenated alkanes) is 3. The van der Waals surface area contributed by atoms with Crippen molar-refractivity contribution in [3.8, 4) is 0 Å². The van der Waals surface area contributed by atoms with Crippen LogP contribution in [0.25, 0.3) is 0 Å². The molecule has 7 nitrogen and oxygen atoms in total. The van der Waals surface area contributed by atoms with Crippen molar-refractivity contribution in [3.63, 3.8) is 0 Å². The molecule has 41 heavy (non-hydrogen) atoms. The van der Waals surface area contributed by atoms with E-state index in [9.17, 15) is 9.90 Å². The molecule has 9 atom stereocenters. The van der Waals surface area contributed by atoms with E-state index in [4.69, 9.17) is 23.7 Å². The minimum Gasteiger partial charge on any atom is -0.469 e. The summed E-state index contributed by atoms with van der Waals surface area (Å²) in [6, 6.07) is 0. The molecule has 2 aliphatic heterocycles. The highest BCUT2D eigenvalue weighted by atomic mass is 16.7. The Morgan fingerprint density at radius 3 is 2.32 bits per heavy atom. The van der Waals surface area contributed by atoms with Crippen molar-refractivity contribution < 1.29 is 33.6 Å². The lowest BCUT2D eigenvalue weighted by Crippen LogP contribution is -2.35. The van der Waals surface area contributed by atoms with Gasteiger partial charge in [0.15, 0.2) is 12.6 Å². The number of carbonyl (C=O) groups excluding carboxylic acids is 1. The first kappa shape index (κ1) is 33.2. The molecule has 0 spiro atoms. The van der Waals surface area contributed by atoms with E-state index in [0.29, 0.717) is 24.7 Å². The quantitative estimate of drug-likeness (QED) is 0.143. The Labute approximate surface area is 249 Å². The van der Waals surface area contributed by atoms with Crippen LogP contribution < -0.4 is 0 Å². The van der Waals surface area contributed by atoms with Gasteiger partial charge in [0.1, 0.15) is 0 Å². The predicted molar refractivity (Wildman–Crippen MR) is 159 cm³/mol. The lowest BCUT2D eigenvalue weighted by Gasteiger charge is -2.34. The van der Waals surface area contributed by atoms with E-state index in [1.54, 1.807) is 0 Å². The third-order valence-corrected chi connectivity index (χ3v) is 10.4. The zero-order valence-electron chi connectivity index (χ0n) is 26.1. The molecule has 2 saturated carbocycles. The van der Waals surface area contributed by atoms with Crippen molar-refractivity contribution >= 4 is 5.97 Å². The smallest absolute Gasteiger partial charge is 0.305 e. The average molecular weight is 581 g/mol. The van der Waals surface area contributed by atoms with E-state index in [-0.39, 0.29) is 42.8 Å². The normalized spacial score (nSPS) is 35.0. The molecular formula is C34H60O7. The number of hydrogen-bond acceptors (Lipinski definition) is 7. The van der Waals surface area contributed by atoms with E-state index < -0.39 is 0 Å². The lowest BCUT2D eigenvalue weighted by molar-refractivity contribution is -0.205. The van der Waals surface area contributed by atoms with Gasteiger partial charge in [0.05, 0.1) is 25.4 Å². The van der Waals surface area contributed by atoms with Gasteiger partial charge < -0.3 is 28.8 Å². The van der Waals surface area contributed by atoms with Crippen LogP contribution in [0.5, 0.6) is 0 Å². The Hall–Kier alpha value is -0.730. The van der Waals surface area contributed by atoms with Gasteiger partial charge >= 0.3 is 5.97 Å². The van der Waals surface area contributed by atoms with E-state index >= 15 is 0 Å². The van der Waals surface area contributed by atoms with Crippen LogP contribution in [0.3, 0.4) is 0 Å². The molecule has 0 amide bonds. The monoisotopic (exact) mass is 580 g/mol. The fourth-order valence-corrected chi connectivity index (χ4v) is 8.14. The molecule has 0 bridgehead atoms. The summed E-state index contributed by atoms with van der Waals surface area (Å²) in [5.74, 6) is 1.88. The number of esters is 1. The maximum Gasteiger partial charge on any atom is 0.305 e. The molecule has 4 unspecified atom stereocenters. The Morgan fingerprint density at radius 1 is 0.854 bits per heavy atom. The zero-order valence-corrected chi connectivity index (χ0v) is 26.1. The maximum atomic E-state index is 11.4. The third-order valence-electron chi connectivity index (χ3n) is 10.4. The second-order valence-corrected chi connectivity index (χ2v) is 13.4. The van der Waals surface area contributed by atoms with Gasteiger partial charge in [0, 0.05) is 26.1 Å². The molecule has 1 N–H and O–H groups in total. The SMILES string of the molecule is CCCC1CCC([C@@H](CC[C@@H]2[C@@H](CCCCCCC(=O)OC)[C@@H](O)C[C@H]2OC2CCCCO2)OC2CCCCO2)C1. The predicted octanol–water partition coefficient (Wildman–Crippen LogP) is 7.32. The van der Waals surface area contributed by atoms with E-state index in [0.717, 1.165) is 96.2 Å². The molecule has 4 fully saturated rings. The number of aliphatic hydroxyl groups is 1. The lowest BCUT2D eigenvalue weighted by atomic mass is 9.83. The van der Waals surface area contributed by atoms with Crippen molar-refractivity contribution in [2.24, 2.45) is 23.7 Å². The topological polar surface area (TPSA) is 83.5 Å². The zero-order chi connectivity index (χ0) is 28.9. The maximum absolute atomic E-state index is 11.4. The molecule has 4 rings (SSSR count). The minimum absolute atomic E-state index is 0.0421. The Balaban J connectivity index is 1.37. The van der Waals surface area contributed by atoms with Gasteiger partial charge in [-0.15, -0.1) is 0 Å². The fraction of sp³-hybridized carbons (Fsp3) is 0.971. The van der Waals surface area contributed by atoms with Crippen LogP contribution in [0.2, 0.25) is 0 Å². The molecule has 238 valence electrons. The summed E-state index contributed by atoms with van der Waals surface area (Å²) in [6.45, 7) is 3.89. The standard InChI is InChI=1S/C34H60O7/c1-3-12-25-17-18-26(23-25)30(40-33-15-8-10-21-38-33)20-19-28-27(13-6-4-5-7-14-32(36)37-2)29(35)24-31(28)41-34-16-9-11-22-39-34/h25-31,33-35H,3-24H2,1-2H3/t25?,26?,27-,28-,29+,30-,31-,33?,34?/m1/s1. The number of ether oxygens (including phenoxy) is 5. The fourth-order valence-electron chi connectivity index (χ4n) is 8.14. The van der Waals surface area contributed by atoms with Gasteiger partial charge in [-0.05, 0) is 101 Å².